The highest BCUT2D eigenvalue weighted by molar-refractivity contribution is 5.70. The van der Waals surface area contributed by atoms with Gasteiger partial charge in [0.2, 0.25) is 0 Å². The normalized spacial score (nSPS) is 23.7. The summed E-state index contributed by atoms with van der Waals surface area (Å²) in [5, 5.41) is 0. The second-order valence-electron chi connectivity index (χ2n) is 5.57. The van der Waals surface area contributed by atoms with Crippen LogP contribution in [0.15, 0.2) is 30.3 Å². The summed E-state index contributed by atoms with van der Waals surface area (Å²) in [5.41, 5.74) is 0. The molecule has 1 aromatic rings. The molecular formula is C16H21NO3. The second-order valence-corrected chi connectivity index (χ2v) is 5.57. The highest BCUT2D eigenvalue weighted by Gasteiger charge is 2.36. The van der Waals surface area contributed by atoms with Crippen molar-refractivity contribution in [3.05, 3.63) is 30.3 Å². The van der Waals surface area contributed by atoms with E-state index in [2.05, 4.69) is 0 Å². The van der Waals surface area contributed by atoms with Gasteiger partial charge in [-0.05, 0) is 25.0 Å². The molecule has 108 valence electrons. The molecule has 4 heteroatoms. The molecule has 1 amide bonds. The summed E-state index contributed by atoms with van der Waals surface area (Å²) in [6.45, 7) is 1.09. The number of ether oxygens (including phenoxy) is 2. The Hall–Kier alpha value is -1.71. The van der Waals surface area contributed by atoms with E-state index < -0.39 is 0 Å². The third-order valence-electron chi connectivity index (χ3n) is 4.10. The predicted molar refractivity (Wildman–Crippen MR) is 75.8 cm³/mol. The molecule has 1 saturated heterocycles. The van der Waals surface area contributed by atoms with Crippen molar-refractivity contribution >= 4 is 6.09 Å². The van der Waals surface area contributed by atoms with Crippen molar-refractivity contribution in [2.45, 2.75) is 44.2 Å². The minimum Gasteiger partial charge on any atom is -0.490 e. The first-order valence-corrected chi connectivity index (χ1v) is 7.48. The molecule has 1 unspecified atom stereocenters. The Morgan fingerprint density at radius 2 is 1.90 bits per heavy atom. The number of carbonyl (C=O) groups excluding carboxylic acids is 1. The van der Waals surface area contributed by atoms with Gasteiger partial charge in [0, 0.05) is 6.04 Å². The fourth-order valence-electron chi connectivity index (χ4n) is 3.02. The molecule has 2 aliphatic rings. The molecule has 1 heterocycles. The van der Waals surface area contributed by atoms with E-state index in [0.717, 1.165) is 18.6 Å². The lowest BCUT2D eigenvalue weighted by Crippen LogP contribution is -2.38. The number of nitrogens with zero attached hydrogens (tertiary/aromatic N) is 1. The molecule has 0 bridgehead atoms. The van der Waals surface area contributed by atoms with Gasteiger partial charge in [0.05, 0.1) is 6.54 Å². The van der Waals surface area contributed by atoms with E-state index in [0.29, 0.717) is 19.2 Å². The van der Waals surface area contributed by atoms with Gasteiger partial charge >= 0.3 is 6.09 Å². The maximum atomic E-state index is 11.9. The van der Waals surface area contributed by atoms with Crippen molar-refractivity contribution in [3.63, 3.8) is 0 Å². The zero-order chi connectivity index (χ0) is 13.8. The van der Waals surface area contributed by atoms with Gasteiger partial charge < -0.3 is 14.4 Å². The van der Waals surface area contributed by atoms with Crippen molar-refractivity contribution in [1.29, 1.82) is 0 Å². The minimum absolute atomic E-state index is 0.148. The van der Waals surface area contributed by atoms with Crippen molar-refractivity contribution in [3.8, 4) is 5.75 Å². The van der Waals surface area contributed by atoms with Crippen molar-refractivity contribution in [2.24, 2.45) is 0 Å². The largest absolute Gasteiger partial charge is 0.490 e. The molecule has 4 nitrogen and oxygen atoms in total. The standard InChI is InChI=1S/C16H21NO3/c18-16-17(13-7-3-1-4-8-13)11-15(20-16)12-19-14-9-5-2-6-10-14/h2,5-6,9-10,13,15H,1,3-4,7-8,11-12H2. The van der Waals surface area contributed by atoms with Gasteiger partial charge in [-0.25, -0.2) is 4.79 Å². The van der Waals surface area contributed by atoms with E-state index in [1.54, 1.807) is 0 Å². The van der Waals surface area contributed by atoms with Crippen LogP contribution in [0.25, 0.3) is 0 Å². The third kappa shape index (κ3) is 3.06. The van der Waals surface area contributed by atoms with E-state index in [1.165, 1.54) is 19.3 Å². The molecule has 1 aromatic carbocycles. The number of carbonyl (C=O) groups is 1. The molecule has 1 aliphatic carbocycles. The van der Waals surface area contributed by atoms with Crippen LogP contribution >= 0.6 is 0 Å². The summed E-state index contributed by atoms with van der Waals surface area (Å²) < 4.78 is 11.1. The Morgan fingerprint density at radius 3 is 2.65 bits per heavy atom. The minimum atomic E-state index is -0.168. The van der Waals surface area contributed by atoms with Crippen LogP contribution in [-0.2, 0) is 4.74 Å². The number of cyclic esters (lactones) is 1. The summed E-state index contributed by atoms with van der Waals surface area (Å²) in [7, 11) is 0. The van der Waals surface area contributed by atoms with Gasteiger partial charge in [-0.3, -0.25) is 0 Å². The molecule has 0 radical (unpaired) electrons. The quantitative estimate of drug-likeness (QED) is 0.847. The lowest BCUT2D eigenvalue weighted by atomic mass is 9.94. The topological polar surface area (TPSA) is 38.8 Å². The summed E-state index contributed by atoms with van der Waals surface area (Å²) in [6, 6.07) is 10.0. The van der Waals surface area contributed by atoms with Crippen LogP contribution in [0, 0.1) is 0 Å². The molecule has 1 saturated carbocycles. The molecule has 1 atom stereocenters. The SMILES string of the molecule is O=C1OC(COc2ccccc2)CN1C1CCCCC1. The van der Waals surface area contributed by atoms with Crippen LogP contribution < -0.4 is 4.74 Å². The Kier molecular flexibility index (Phi) is 4.09. The van der Waals surface area contributed by atoms with Crippen molar-refractivity contribution in [2.75, 3.05) is 13.2 Å². The molecule has 1 aliphatic heterocycles. The van der Waals surface area contributed by atoms with E-state index in [1.807, 2.05) is 35.2 Å². The number of hydrogen-bond acceptors (Lipinski definition) is 3. The predicted octanol–water partition coefficient (Wildman–Crippen LogP) is 3.22. The molecule has 0 aromatic heterocycles. The fourth-order valence-corrected chi connectivity index (χ4v) is 3.02. The van der Waals surface area contributed by atoms with Crippen LogP contribution in [0.5, 0.6) is 5.75 Å². The fraction of sp³-hybridized carbons (Fsp3) is 0.562. The van der Waals surface area contributed by atoms with Gasteiger partial charge in [-0.2, -0.15) is 0 Å². The van der Waals surface area contributed by atoms with Gasteiger partial charge in [-0.1, -0.05) is 37.5 Å². The first-order chi connectivity index (χ1) is 9.83. The van der Waals surface area contributed by atoms with E-state index in [-0.39, 0.29) is 12.2 Å². The number of para-hydroxylation sites is 1. The second kappa shape index (κ2) is 6.16. The van der Waals surface area contributed by atoms with Crippen LogP contribution in [0.4, 0.5) is 4.79 Å². The number of hydrogen-bond donors (Lipinski definition) is 0. The summed E-state index contributed by atoms with van der Waals surface area (Å²) in [4.78, 5) is 13.8. The number of rotatable bonds is 4. The summed E-state index contributed by atoms with van der Waals surface area (Å²) in [5.74, 6) is 0.819. The van der Waals surface area contributed by atoms with E-state index in [9.17, 15) is 4.79 Å². The van der Waals surface area contributed by atoms with Crippen LogP contribution in [-0.4, -0.2) is 36.3 Å². The molecule has 3 rings (SSSR count). The van der Waals surface area contributed by atoms with Crippen molar-refractivity contribution < 1.29 is 14.3 Å². The van der Waals surface area contributed by atoms with Gasteiger partial charge in [0.15, 0.2) is 6.10 Å². The highest BCUT2D eigenvalue weighted by atomic mass is 16.6. The van der Waals surface area contributed by atoms with Gasteiger partial charge in [0.25, 0.3) is 0 Å². The Balaban J connectivity index is 1.51. The average molecular weight is 275 g/mol. The molecule has 2 fully saturated rings. The Morgan fingerprint density at radius 1 is 1.15 bits per heavy atom. The lowest BCUT2D eigenvalue weighted by molar-refractivity contribution is 0.100. The highest BCUT2D eigenvalue weighted by Crippen LogP contribution is 2.26. The van der Waals surface area contributed by atoms with E-state index in [4.69, 9.17) is 9.47 Å². The number of benzene rings is 1. The monoisotopic (exact) mass is 275 g/mol. The average Bonchev–Trinajstić information content (AvgIpc) is 2.88. The zero-order valence-electron chi connectivity index (χ0n) is 11.7. The molecule has 20 heavy (non-hydrogen) atoms. The number of amides is 1. The van der Waals surface area contributed by atoms with E-state index >= 15 is 0 Å². The maximum absolute atomic E-state index is 11.9. The summed E-state index contributed by atoms with van der Waals surface area (Å²) in [6.07, 6.45) is 5.64. The first-order valence-electron chi connectivity index (χ1n) is 7.48. The molecular weight excluding hydrogens is 254 g/mol. The van der Waals surface area contributed by atoms with Crippen molar-refractivity contribution in [1.82, 2.24) is 4.90 Å². The molecule has 0 spiro atoms. The zero-order valence-corrected chi connectivity index (χ0v) is 11.7. The molecule has 0 N–H and O–H groups in total. The van der Waals surface area contributed by atoms with Crippen LogP contribution in [0.2, 0.25) is 0 Å². The first kappa shape index (κ1) is 13.3. The maximum Gasteiger partial charge on any atom is 0.410 e. The van der Waals surface area contributed by atoms with Gasteiger partial charge in [0.1, 0.15) is 12.4 Å². The van der Waals surface area contributed by atoms with Crippen LogP contribution in [0.1, 0.15) is 32.1 Å². The Labute approximate surface area is 119 Å². The third-order valence-corrected chi connectivity index (χ3v) is 4.10. The smallest absolute Gasteiger partial charge is 0.410 e. The van der Waals surface area contributed by atoms with Gasteiger partial charge in [-0.15, -0.1) is 0 Å². The lowest BCUT2D eigenvalue weighted by Gasteiger charge is -2.28. The Bertz CT molecular complexity index is 442. The van der Waals surface area contributed by atoms with Crippen LogP contribution in [0.3, 0.4) is 0 Å². The summed E-state index contributed by atoms with van der Waals surface area (Å²) >= 11 is 0.